The van der Waals surface area contributed by atoms with Crippen molar-refractivity contribution in [2.75, 3.05) is 20.6 Å². The number of fused-ring (bicyclic) bond motifs is 1. The van der Waals surface area contributed by atoms with Crippen LogP contribution in [0.25, 0.3) is 10.9 Å². The highest BCUT2D eigenvalue weighted by Crippen LogP contribution is 2.28. The second-order valence-electron chi connectivity index (χ2n) is 4.97. The average Bonchev–Trinajstić information content (AvgIpc) is 2.76. The molecule has 0 bridgehead atoms. The van der Waals surface area contributed by atoms with Crippen molar-refractivity contribution in [2.45, 2.75) is 19.6 Å². The summed E-state index contributed by atoms with van der Waals surface area (Å²) in [6.45, 7) is 4.30. The van der Waals surface area contributed by atoms with E-state index in [1.807, 2.05) is 19.1 Å². The van der Waals surface area contributed by atoms with E-state index in [9.17, 15) is 4.79 Å². The third kappa shape index (κ3) is 2.96. The van der Waals surface area contributed by atoms with Crippen LogP contribution in [-0.2, 0) is 16.1 Å². The fourth-order valence-corrected chi connectivity index (χ4v) is 2.25. The molecule has 1 aromatic carbocycles. The predicted octanol–water partition coefficient (Wildman–Crippen LogP) is 2.44. The molecule has 1 atom stereocenters. The maximum absolute atomic E-state index is 10.5. The van der Waals surface area contributed by atoms with Gasteiger partial charge in [-0.1, -0.05) is 18.2 Å². The first-order valence-corrected chi connectivity index (χ1v) is 6.45. The second kappa shape index (κ2) is 5.89. The summed E-state index contributed by atoms with van der Waals surface area (Å²) in [6.07, 6.45) is 1.87. The quantitative estimate of drug-likeness (QED) is 0.748. The summed E-state index contributed by atoms with van der Waals surface area (Å²) in [7, 11) is 4.12. The minimum Gasteiger partial charge on any atom is -0.460 e. The van der Waals surface area contributed by atoms with E-state index in [0.717, 1.165) is 24.0 Å². The first-order valence-electron chi connectivity index (χ1n) is 6.45. The highest BCUT2D eigenvalue weighted by atomic mass is 16.5. The van der Waals surface area contributed by atoms with E-state index in [2.05, 4.69) is 41.9 Å². The van der Waals surface area contributed by atoms with Crippen molar-refractivity contribution in [3.8, 4) is 0 Å². The molecule has 0 radical (unpaired) electrons. The van der Waals surface area contributed by atoms with Gasteiger partial charge in [0.1, 0.15) is 6.10 Å². The number of nitrogens with zero attached hydrogens (tertiary/aromatic N) is 2. The van der Waals surface area contributed by atoms with Gasteiger partial charge in [-0.05, 0) is 27.1 Å². The number of para-hydroxylation sites is 1. The van der Waals surface area contributed by atoms with Gasteiger partial charge < -0.3 is 14.2 Å². The number of carbonyl (C=O) groups is 1. The van der Waals surface area contributed by atoms with Gasteiger partial charge in [0.2, 0.25) is 0 Å². The third-order valence-electron chi connectivity index (χ3n) is 3.31. The van der Waals surface area contributed by atoms with Crippen LogP contribution in [0.1, 0.15) is 18.6 Å². The Labute approximate surface area is 113 Å². The average molecular weight is 260 g/mol. The lowest BCUT2D eigenvalue weighted by atomic mass is 10.1. The highest BCUT2D eigenvalue weighted by Gasteiger charge is 2.14. The number of aromatic nitrogens is 1. The molecule has 0 amide bonds. The van der Waals surface area contributed by atoms with Gasteiger partial charge >= 0.3 is 0 Å². The summed E-state index contributed by atoms with van der Waals surface area (Å²) in [5.74, 6) is 0. The Bertz CT molecular complexity index is 560. The van der Waals surface area contributed by atoms with E-state index in [0.29, 0.717) is 6.47 Å². The molecule has 2 rings (SSSR count). The van der Waals surface area contributed by atoms with E-state index >= 15 is 0 Å². The van der Waals surface area contributed by atoms with E-state index < -0.39 is 0 Å². The summed E-state index contributed by atoms with van der Waals surface area (Å²) in [6, 6.07) is 8.21. The minimum absolute atomic E-state index is 0.219. The molecule has 0 aliphatic rings. The zero-order valence-corrected chi connectivity index (χ0v) is 11.7. The smallest absolute Gasteiger partial charge is 0.293 e. The van der Waals surface area contributed by atoms with Crippen LogP contribution in [0.3, 0.4) is 0 Å². The van der Waals surface area contributed by atoms with Crippen LogP contribution in [0.5, 0.6) is 0 Å². The lowest BCUT2D eigenvalue weighted by Crippen LogP contribution is -2.17. The topological polar surface area (TPSA) is 34.5 Å². The predicted molar refractivity (Wildman–Crippen MR) is 76.1 cm³/mol. The summed E-state index contributed by atoms with van der Waals surface area (Å²) < 4.78 is 7.29. The lowest BCUT2D eigenvalue weighted by Gasteiger charge is -2.11. The standard InChI is InChI=1S/C15H20N2O2/c1-12(19-11-18)14-10-17(9-8-16(2)3)15-7-5-4-6-13(14)15/h4-7,10-12H,8-9H2,1-3H3. The van der Waals surface area contributed by atoms with Gasteiger partial charge in [-0.25, -0.2) is 0 Å². The molecule has 102 valence electrons. The van der Waals surface area contributed by atoms with Gasteiger partial charge in [0, 0.05) is 35.8 Å². The van der Waals surface area contributed by atoms with Crippen molar-refractivity contribution in [1.29, 1.82) is 0 Å². The van der Waals surface area contributed by atoms with Gasteiger partial charge in [0.15, 0.2) is 0 Å². The van der Waals surface area contributed by atoms with Crippen molar-refractivity contribution in [2.24, 2.45) is 0 Å². The molecule has 2 aromatic rings. The molecule has 0 aliphatic carbocycles. The molecule has 1 unspecified atom stereocenters. The number of hydrogen-bond donors (Lipinski definition) is 0. The third-order valence-corrected chi connectivity index (χ3v) is 3.31. The molecular weight excluding hydrogens is 240 g/mol. The van der Waals surface area contributed by atoms with Crippen LogP contribution in [-0.4, -0.2) is 36.6 Å². The zero-order chi connectivity index (χ0) is 13.8. The monoisotopic (exact) mass is 260 g/mol. The van der Waals surface area contributed by atoms with Crippen molar-refractivity contribution in [1.82, 2.24) is 9.47 Å². The maximum atomic E-state index is 10.5. The summed E-state index contributed by atoms with van der Waals surface area (Å²) in [5, 5.41) is 1.15. The first kappa shape index (κ1) is 13.6. The Hall–Kier alpha value is -1.81. The van der Waals surface area contributed by atoms with Crippen molar-refractivity contribution < 1.29 is 9.53 Å². The number of rotatable bonds is 6. The molecule has 19 heavy (non-hydrogen) atoms. The van der Waals surface area contributed by atoms with Gasteiger partial charge in [-0.15, -0.1) is 0 Å². The molecule has 0 fully saturated rings. The molecule has 1 heterocycles. The van der Waals surface area contributed by atoms with Crippen LogP contribution in [0.4, 0.5) is 0 Å². The van der Waals surface area contributed by atoms with Crippen LogP contribution in [0, 0.1) is 0 Å². The molecular formula is C15H20N2O2. The van der Waals surface area contributed by atoms with Crippen LogP contribution < -0.4 is 0 Å². The van der Waals surface area contributed by atoms with Crippen LogP contribution in [0.15, 0.2) is 30.5 Å². The maximum Gasteiger partial charge on any atom is 0.293 e. The van der Waals surface area contributed by atoms with E-state index in [4.69, 9.17) is 4.74 Å². The number of likely N-dealkylation sites (N-methyl/N-ethyl adjacent to an activating group) is 1. The fourth-order valence-electron chi connectivity index (χ4n) is 2.25. The second-order valence-corrected chi connectivity index (χ2v) is 4.97. The van der Waals surface area contributed by atoms with Gasteiger partial charge in [-0.3, -0.25) is 4.79 Å². The van der Waals surface area contributed by atoms with Crippen LogP contribution >= 0.6 is 0 Å². The summed E-state index contributed by atoms with van der Waals surface area (Å²) >= 11 is 0. The molecule has 0 aliphatic heterocycles. The molecule has 0 N–H and O–H groups in total. The molecule has 4 nitrogen and oxygen atoms in total. The van der Waals surface area contributed by atoms with Gasteiger partial charge in [-0.2, -0.15) is 0 Å². The van der Waals surface area contributed by atoms with Gasteiger partial charge in [0.25, 0.3) is 6.47 Å². The largest absolute Gasteiger partial charge is 0.460 e. The van der Waals surface area contributed by atoms with Crippen molar-refractivity contribution in [3.63, 3.8) is 0 Å². The van der Waals surface area contributed by atoms with E-state index in [1.54, 1.807) is 0 Å². The Morgan fingerprint density at radius 2 is 2.11 bits per heavy atom. The Kier molecular flexibility index (Phi) is 4.22. The number of carbonyl (C=O) groups excluding carboxylic acids is 1. The number of hydrogen-bond acceptors (Lipinski definition) is 3. The van der Waals surface area contributed by atoms with Crippen LogP contribution in [0.2, 0.25) is 0 Å². The molecule has 0 saturated heterocycles. The zero-order valence-electron chi connectivity index (χ0n) is 11.7. The first-order chi connectivity index (χ1) is 9.13. The number of ether oxygens (including phenoxy) is 1. The Morgan fingerprint density at radius 3 is 2.79 bits per heavy atom. The van der Waals surface area contributed by atoms with Gasteiger partial charge in [0.05, 0.1) is 0 Å². The summed E-state index contributed by atoms with van der Waals surface area (Å²) in [4.78, 5) is 12.7. The normalized spacial score (nSPS) is 12.8. The Morgan fingerprint density at radius 1 is 1.37 bits per heavy atom. The molecule has 4 heteroatoms. The SMILES string of the molecule is CC(OC=O)c1cn(CCN(C)C)c2ccccc12. The minimum atomic E-state index is -0.219. The molecule has 0 saturated carbocycles. The number of benzene rings is 1. The van der Waals surface area contributed by atoms with E-state index in [1.165, 1.54) is 5.52 Å². The highest BCUT2D eigenvalue weighted by molar-refractivity contribution is 5.84. The van der Waals surface area contributed by atoms with Crippen molar-refractivity contribution in [3.05, 3.63) is 36.0 Å². The summed E-state index contributed by atoms with van der Waals surface area (Å²) in [5.41, 5.74) is 2.24. The lowest BCUT2D eigenvalue weighted by molar-refractivity contribution is -0.133. The fraction of sp³-hybridized carbons (Fsp3) is 0.400. The Balaban J connectivity index is 2.39. The van der Waals surface area contributed by atoms with Crippen molar-refractivity contribution >= 4 is 17.4 Å². The molecule has 0 spiro atoms. The van der Waals surface area contributed by atoms with E-state index in [-0.39, 0.29) is 6.10 Å². The molecule has 1 aromatic heterocycles.